The highest BCUT2D eigenvalue weighted by Crippen LogP contribution is 2.25. The Hall–Kier alpha value is -1.88. The van der Waals surface area contributed by atoms with E-state index in [1.165, 1.54) is 11.1 Å². The Bertz CT molecular complexity index is 695. The van der Waals surface area contributed by atoms with Crippen LogP contribution in [0.5, 0.6) is 0 Å². The van der Waals surface area contributed by atoms with Gasteiger partial charge in [0.15, 0.2) is 5.96 Å². The number of guanidine groups is 1. The molecular formula is C18H26N4S. The van der Waals surface area contributed by atoms with Crippen molar-refractivity contribution >= 4 is 23.0 Å². The number of aromatic nitrogens is 1. The number of aliphatic imine (C=N–C) groups is 1. The van der Waals surface area contributed by atoms with Crippen molar-refractivity contribution in [2.45, 2.75) is 46.5 Å². The molecular weight excluding hydrogens is 304 g/mol. The van der Waals surface area contributed by atoms with Crippen molar-refractivity contribution in [3.05, 3.63) is 45.4 Å². The van der Waals surface area contributed by atoms with E-state index >= 15 is 0 Å². The van der Waals surface area contributed by atoms with E-state index in [9.17, 15) is 0 Å². The number of nitrogens with two attached hydrogens (primary N) is 1. The highest BCUT2D eigenvalue weighted by molar-refractivity contribution is 7.09. The lowest BCUT2D eigenvalue weighted by Gasteiger charge is -2.13. The van der Waals surface area contributed by atoms with E-state index in [1.54, 1.807) is 11.3 Å². The zero-order valence-corrected chi connectivity index (χ0v) is 15.4. The second kappa shape index (κ2) is 7.13. The third-order valence-corrected chi connectivity index (χ3v) is 4.94. The van der Waals surface area contributed by atoms with E-state index in [4.69, 9.17) is 5.73 Å². The molecule has 5 heteroatoms. The van der Waals surface area contributed by atoms with Crippen LogP contribution in [0.1, 0.15) is 42.6 Å². The summed E-state index contributed by atoms with van der Waals surface area (Å²) in [5.74, 6) is 0.444. The molecule has 0 amide bonds. The van der Waals surface area contributed by atoms with Gasteiger partial charge in [0.05, 0.1) is 10.7 Å². The van der Waals surface area contributed by atoms with Crippen LogP contribution in [0.15, 0.2) is 28.6 Å². The molecule has 0 fully saturated rings. The van der Waals surface area contributed by atoms with Crippen molar-refractivity contribution in [2.24, 2.45) is 10.7 Å². The van der Waals surface area contributed by atoms with E-state index in [1.807, 2.05) is 6.07 Å². The maximum Gasteiger partial charge on any atom is 0.193 e. The van der Waals surface area contributed by atoms with Crippen LogP contribution in [0, 0.1) is 13.8 Å². The van der Waals surface area contributed by atoms with Crippen LogP contribution < -0.4 is 11.1 Å². The SMILES string of the molecule is Cc1ccc(NC(N)=NCCc2csc(C(C)(C)C)n2)cc1C. The lowest BCUT2D eigenvalue weighted by atomic mass is 9.98. The molecule has 0 saturated heterocycles. The lowest BCUT2D eigenvalue weighted by Crippen LogP contribution is -2.23. The quantitative estimate of drug-likeness (QED) is 0.657. The number of thiazole rings is 1. The van der Waals surface area contributed by atoms with E-state index in [0.717, 1.165) is 22.8 Å². The fraction of sp³-hybridized carbons (Fsp3) is 0.444. The van der Waals surface area contributed by atoms with Crippen molar-refractivity contribution in [3.63, 3.8) is 0 Å². The number of anilines is 1. The summed E-state index contributed by atoms with van der Waals surface area (Å²) in [6.07, 6.45) is 0.807. The highest BCUT2D eigenvalue weighted by atomic mass is 32.1. The molecule has 0 saturated carbocycles. The first kappa shape index (κ1) is 17.5. The molecule has 1 aromatic heterocycles. The molecule has 0 bridgehead atoms. The summed E-state index contributed by atoms with van der Waals surface area (Å²) < 4.78 is 0. The molecule has 0 aliphatic rings. The van der Waals surface area contributed by atoms with Crippen molar-refractivity contribution in [1.29, 1.82) is 0 Å². The monoisotopic (exact) mass is 330 g/mol. The van der Waals surface area contributed by atoms with Crippen LogP contribution in [0.3, 0.4) is 0 Å². The zero-order valence-electron chi connectivity index (χ0n) is 14.6. The minimum absolute atomic E-state index is 0.107. The van der Waals surface area contributed by atoms with Gasteiger partial charge in [-0.3, -0.25) is 4.99 Å². The van der Waals surface area contributed by atoms with Gasteiger partial charge in [-0.2, -0.15) is 0 Å². The summed E-state index contributed by atoms with van der Waals surface area (Å²) in [4.78, 5) is 9.06. The van der Waals surface area contributed by atoms with Crippen molar-refractivity contribution in [1.82, 2.24) is 4.98 Å². The van der Waals surface area contributed by atoms with E-state index in [-0.39, 0.29) is 5.41 Å². The largest absolute Gasteiger partial charge is 0.370 e. The summed E-state index contributed by atoms with van der Waals surface area (Å²) in [6.45, 7) is 11.4. The molecule has 3 N–H and O–H groups in total. The third kappa shape index (κ3) is 5.06. The molecule has 2 aromatic rings. The van der Waals surface area contributed by atoms with Crippen LogP contribution in [0.2, 0.25) is 0 Å². The maximum atomic E-state index is 5.95. The summed E-state index contributed by atoms with van der Waals surface area (Å²) in [5.41, 5.74) is 10.6. The van der Waals surface area contributed by atoms with Gasteiger partial charge in [0.2, 0.25) is 0 Å². The zero-order chi connectivity index (χ0) is 17.0. The predicted octanol–water partition coefficient (Wildman–Crippen LogP) is 4.03. The Morgan fingerprint density at radius 1 is 1.26 bits per heavy atom. The van der Waals surface area contributed by atoms with Gasteiger partial charge in [-0.25, -0.2) is 4.98 Å². The van der Waals surface area contributed by atoms with E-state index < -0.39 is 0 Å². The predicted molar refractivity (Wildman–Crippen MR) is 101 cm³/mol. The number of aryl methyl sites for hydroxylation is 2. The molecule has 2 rings (SSSR count). The second-order valence-corrected chi connectivity index (χ2v) is 7.69. The van der Waals surface area contributed by atoms with Gasteiger partial charge in [-0.15, -0.1) is 11.3 Å². The Labute approximate surface area is 142 Å². The third-order valence-electron chi connectivity index (χ3n) is 3.62. The van der Waals surface area contributed by atoms with Gasteiger partial charge in [0, 0.05) is 29.4 Å². The number of nitrogens with one attached hydrogen (secondary N) is 1. The van der Waals surface area contributed by atoms with Gasteiger partial charge in [-0.1, -0.05) is 26.8 Å². The van der Waals surface area contributed by atoms with Crippen LogP contribution in [0.4, 0.5) is 5.69 Å². The Morgan fingerprint density at radius 3 is 2.61 bits per heavy atom. The minimum atomic E-state index is 0.107. The molecule has 0 spiro atoms. The molecule has 0 radical (unpaired) electrons. The lowest BCUT2D eigenvalue weighted by molar-refractivity contribution is 0.583. The van der Waals surface area contributed by atoms with Gasteiger partial charge in [-0.05, 0) is 37.1 Å². The summed E-state index contributed by atoms with van der Waals surface area (Å²) in [7, 11) is 0. The second-order valence-electron chi connectivity index (χ2n) is 6.83. The van der Waals surface area contributed by atoms with Gasteiger partial charge in [0.1, 0.15) is 0 Å². The molecule has 0 atom stereocenters. The van der Waals surface area contributed by atoms with E-state index in [0.29, 0.717) is 12.5 Å². The fourth-order valence-corrected chi connectivity index (χ4v) is 3.01. The molecule has 0 unspecified atom stereocenters. The van der Waals surface area contributed by atoms with Crippen molar-refractivity contribution in [3.8, 4) is 0 Å². The highest BCUT2D eigenvalue weighted by Gasteiger charge is 2.17. The normalized spacial score (nSPS) is 12.5. The van der Waals surface area contributed by atoms with Crippen molar-refractivity contribution < 1.29 is 0 Å². The molecule has 124 valence electrons. The van der Waals surface area contributed by atoms with Crippen LogP contribution in [0.25, 0.3) is 0 Å². The molecule has 0 aliphatic heterocycles. The Kier molecular flexibility index (Phi) is 5.42. The summed E-state index contributed by atoms with van der Waals surface area (Å²) in [5, 5.41) is 6.41. The smallest absolute Gasteiger partial charge is 0.193 e. The van der Waals surface area contributed by atoms with Gasteiger partial charge >= 0.3 is 0 Å². The average Bonchev–Trinajstić information content (AvgIpc) is 2.92. The number of nitrogens with zero attached hydrogens (tertiary/aromatic N) is 2. The molecule has 1 heterocycles. The van der Waals surface area contributed by atoms with Crippen LogP contribution in [-0.4, -0.2) is 17.5 Å². The average molecular weight is 331 g/mol. The maximum absolute atomic E-state index is 5.95. The standard InChI is InChI=1S/C18H26N4S/c1-12-6-7-14(10-13(12)2)22-17(19)20-9-8-15-11-23-16(21-15)18(3,4)5/h6-7,10-11H,8-9H2,1-5H3,(H3,19,20,22). The van der Waals surface area contributed by atoms with Crippen LogP contribution in [-0.2, 0) is 11.8 Å². The molecule has 1 aromatic carbocycles. The Balaban J connectivity index is 1.89. The van der Waals surface area contributed by atoms with Crippen molar-refractivity contribution in [2.75, 3.05) is 11.9 Å². The first-order valence-electron chi connectivity index (χ1n) is 7.85. The first-order valence-corrected chi connectivity index (χ1v) is 8.73. The molecule has 23 heavy (non-hydrogen) atoms. The fourth-order valence-electron chi connectivity index (χ4n) is 2.06. The number of rotatable bonds is 4. The van der Waals surface area contributed by atoms with Crippen LogP contribution >= 0.6 is 11.3 Å². The molecule has 0 aliphatic carbocycles. The first-order chi connectivity index (χ1) is 10.8. The number of hydrogen-bond acceptors (Lipinski definition) is 3. The van der Waals surface area contributed by atoms with Gasteiger partial charge in [0.25, 0.3) is 0 Å². The Morgan fingerprint density at radius 2 is 2.00 bits per heavy atom. The van der Waals surface area contributed by atoms with E-state index in [2.05, 4.69) is 67.4 Å². The number of hydrogen-bond donors (Lipinski definition) is 2. The summed E-state index contributed by atoms with van der Waals surface area (Å²) in [6, 6.07) is 6.17. The summed E-state index contributed by atoms with van der Waals surface area (Å²) >= 11 is 1.71. The topological polar surface area (TPSA) is 63.3 Å². The van der Waals surface area contributed by atoms with Gasteiger partial charge < -0.3 is 11.1 Å². The molecule has 4 nitrogen and oxygen atoms in total. The number of benzene rings is 1. The minimum Gasteiger partial charge on any atom is -0.370 e.